The van der Waals surface area contributed by atoms with Crippen molar-refractivity contribution >= 4 is 17.8 Å². The molecule has 4 rings (SSSR count). The Morgan fingerprint density at radius 1 is 1.18 bits per heavy atom. The van der Waals surface area contributed by atoms with Gasteiger partial charge in [0.25, 0.3) is 5.91 Å². The van der Waals surface area contributed by atoms with E-state index in [1.807, 2.05) is 25.1 Å². The average molecular weight is 453 g/mol. The standard InChI is InChI=1S/C25H32N4O4/c1-25(24(32)27-19-13-7-4-8-14-19)16-28-17-26-20(23(31)33-2)21(28)22(30)29(25)15-9-12-18-10-5-3-6-11-18/h3,5-6,10-11,17,19H,4,7-9,12-16H2,1-2H3,(H,27,32)/t25-/m0/s1. The van der Waals surface area contributed by atoms with Gasteiger partial charge >= 0.3 is 5.97 Å². The number of hydrogen-bond acceptors (Lipinski definition) is 5. The van der Waals surface area contributed by atoms with Crippen molar-refractivity contribution in [2.75, 3.05) is 13.7 Å². The number of hydrogen-bond donors (Lipinski definition) is 1. The Balaban J connectivity index is 1.60. The lowest BCUT2D eigenvalue weighted by Gasteiger charge is -2.44. The molecular formula is C25H32N4O4. The fourth-order valence-electron chi connectivity index (χ4n) is 4.96. The van der Waals surface area contributed by atoms with Crippen molar-refractivity contribution in [3.05, 3.63) is 53.6 Å². The topological polar surface area (TPSA) is 93.5 Å². The van der Waals surface area contributed by atoms with E-state index in [0.29, 0.717) is 13.0 Å². The highest BCUT2D eigenvalue weighted by Crippen LogP contribution is 2.30. The molecule has 2 heterocycles. The summed E-state index contributed by atoms with van der Waals surface area (Å²) in [5.74, 6) is -1.17. The quantitative estimate of drug-likeness (QED) is 0.652. The molecule has 1 aromatic carbocycles. The van der Waals surface area contributed by atoms with Crippen molar-refractivity contribution in [2.24, 2.45) is 0 Å². The van der Waals surface area contributed by atoms with Gasteiger partial charge in [-0.3, -0.25) is 9.59 Å². The molecule has 1 atom stereocenters. The maximum atomic E-state index is 13.7. The number of nitrogens with zero attached hydrogens (tertiary/aromatic N) is 3. The summed E-state index contributed by atoms with van der Waals surface area (Å²) in [6.07, 6.45) is 8.28. The molecule has 2 aromatic rings. The van der Waals surface area contributed by atoms with Crippen LogP contribution in [0.1, 0.15) is 72.0 Å². The number of amides is 2. The second-order valence-corrected chi connectivity index (χ2v) is 9.19. The van der Waals surface area contributed by atoms with E-state index in [-0.39, 0.29) is 35.8 Å². The van der Waals surface area contributed by atoms with Gasteiger partial charge < -0.3 is 19.5 Å². The molecule has 1 aliphatic carbocycles. The van der Waals surface area contributed by atoms with Crippen LogP contribution in [0.3, 0.4) is 0 Å². The molecule has 2 amide bonds. The first-order valence-corrected chi connectivity index (χ1v) is 11.7. The third-order valence-electron chi connectivity index (χ3n) is 6.86. The lowest BCUT2D eigenvalue weighted by molar-refractivity contribution is -0.133. The molecule has 8 nitrogen and oxygen atoms in total. The highest BCUT2D eigenvalue weighted by atomic mass is 16.5. The third-order valence-corrected chi connectivity index (χ3v) is 6.86. The zero-order valence-corrected chi connectivity index (χ0v) is 19.4. The molecule has 1 N–H and O–H groups in total. The fraction of sp³-hybridized carbons (Fsp3) is 0.520. The van der Waals surface area contributed by atoms with Crippen molar-refractivity contribution in [1.82, 2.24) is 19.8 Å². The van der Waals surface area contributed by atoms with E-state index in [1.165, 1.54) is 25.4 Å². The fourth-order valence-corrected chi connectivity index (χ4v) is 4.96. The van der Waals surface area contributed by atoms with Gasteiger partial charge in [-0.2, -0.15) is 0 Å². The monoisotopic (exact) mass is 452 g/mol. The second-order valence-electron chi connectivity index (χ2n) is 9.19. The minimum Gasteiger partial charge on any atom is -0.464 e. The summed E-state index contributed by atoms with van der Waals surface area (Å²) in [5, 5.41) is 3.20. The zero-order chi connectivity index (χ0) is 23.4. The molecule has 0 saturated heterocycles. The summed E-state index contributed by atoms with van der Waals surface area (Å²) in [5.41, 5.74) is 0.275. The third kappa shape index (κ3) is 4.65. The van der Waals surface area contributed by atoms with Crippen molar-refractivity contribution in [1.29, 1.82) is 0 Å². The van der Waals surface area contributed by atoms with Crippen LogP contribution in [0, 0.1) is 0 Å². The molecule has 176 valence electrons. The molecule has 0 bridgehead atoms. The molecule has 8 heteroatoms. The molecule has 1 fully saturated rings. The van der Waals surface area contributed by atoms with E-state index in [0.717, 1.165) is 32.1 Å². The Morgan fingerprint density at radius 2 is 1.91 bits per heavy atom. The Morgan fingerprint density at radius 3 is 2.61 bits per heavy atom. The Kier molecular flexibility index (Phi) is 6.81. The van der Waals surface area contributed by atoms with Gasteiger partial charge in [-0.1, -0.05) is 49.6 Å². The normalized spacial score (nSPS) is 20.9. The van der Waals surface area contributed by atoms with E-state index in [9.17, 15) is 14.4 Å². The van der Waals surface area contributed by atoms with Crippen molar-refractivity contribution in [3.8, 4) is 0 Å². The zero-order valence-electron chi connectivity index (χ0n) is 19.4. The summed E-state index contributed by atoms with van der Waals surface area (Å²) in [7, 11) is 1.26. The van der Waals surface area contributed by atoms with Crippen LogP contribution in [0.5, 0.6) is 0 Å². The van der Waals surface area contributed by atoms with Crippen LogP contribution in [-0.4, -0.2) is 57.5 Å². The molecular weight excluding hydrogens is 420 g/mol. The number of carbonyl (C=O) groups excluding carboxylic acids is 3. The van der Waals surface area contributed by atoms with E-state index < -0.39 is 11.5 Å². The summed E-state index contributed by atoms with van der Waals surface area (Å²) >= 11 is 0. The highest BCUT2D eigenvalue weighted by molar-refractivity contribution is 6.06. The largest absolute Gasteiger partial charge is 0.464 e. The van der Waals surface area contributed by atoms with E-state index in [1.54, 1.807) is 9.47 Å². The van der Waals surface area contributed by atoms with Crippen LogP contribution in [0.4, 0.5) is 0 Å². The molecule has 1 aromatic heterocycles. The van der Waals surface area contributed by atoms with Crippen LogP contribution < -0.4 is 5.32 Å². The Labute approximate surface area is 194 Å². The summed E-state index contributed by atoms with van der Waals surface area (Å²) in [6, 6.07) is 10.2. The van der Waals surface area contributed by atoms with E-state index in [2.05, 4.69) is 22.4 Å². The van der Waals surface area contributed by atoms with E-state index in [4.69, 9.17) is 4.74 Å². The first-order chi connectivity index (χ1) is 15.9. The molecule has 0 radical (unpaired) electrons. The number of nitrogens with one attached hydrogen (secondary N) is 1. The Bertz CT molecular complexity index is 1010. The SMILES string of the molecule is COC(=O)c1ncn2c1C(=O)N(CCCc1ccccc1)[C@](C)(C(=O)NC1CCCCC1)C2. The van der Waals surface area contributed by atoms with Crippen molar-refractivity contribution < 1.29 is 19.1 Å². The number of rotatable bonds is 7. The lowest BCUT2D eigenvalue weighted by Crippen LogP contribution is -2.65. The van der Waals surface area contributed by atoms with Crippen LogP contribution in [0.25, 0.3) is 0 Å². The maximum Gasteiger partial charge on any atom is 0.359 e. The van der Waals surface area contributed by atoms with Crippen LogP contribution >= 0.6 is 0 Å². The predicted octanol–water partition coefficient (Wildman–Crippen LogP) is 2.97. The van der Waals surface area contributed by atoms with E-state index >= 15 is 0 Å². The molecule has 1 aliphatic heterocycles. The van der Waals surface area contributed by atoms with Crippen LogP contribution in [0.15, 0.2) is 36.7 Å². The average Bonchev–Trinajstić information content (AvgIpc) is 3.25. The number of methoxy groups -OCH3 is 1. The number of aromatic nitrogens is 2. The number of esters is 1. The van der Waals surface area contributed by atoms with Crippen LogP contribution in [-0.2, 0) is 22.5 Å². The maximum absolute atomic E-state index is 13.7. The first-order valence-electron chi connectivity index (χ1n) is 11.7. The molecule has 2 aliphatic rings. The number of carbonyl (C=O) groups is 3. The first kappa shape index (κ1) is 23.0. The minimum atomic E-state index is -1.08. The van der Waals surface area contributed by atoms with Crippen LogP contribution in [0.2, 0.25) is 0 Å². The number of imidazole rings is 1. The summed E-state index contributed by atoms with van der Waals surface area (Å²) < 4.78 is 6.43. The minimum absolute atomic E-state index is 0.00898. The van der Waals surface area contributed by atoms with Gasteiger partial charge in [0.2, 0.25) is 5.91 Å². The van der Waals surface area contributed by atoms with Gasteiger partial charge in [-0.15, -0.1) is 0 Å². The van der Waals surface area contributed by atoms with Crippen molar-refractivity contribution in [3.63, 3.8) is 0 Å². The second kappa shape index (κ2) is 9.77. The van der Waals surface area contributed by atoms with Gasteiger partial charge in [0.05, 0.1) is 20.0 Å². The van der Waals surface area contributed by atoms with Gasteiger partial charge in [0.1, 0.15) is 11.2 Å². The molecule has 33 heavy (non-hydrogen) atoms. The summed E-state index contributed by atoms with van der Waals surface area (Å²) in [4.78, 5) is 45.2. The molecule has 0 unspecified atom stereocenters. The highest BCUT2D eigenvalue weighted by Gasteiger charge is 2.49. The number of aryl methyl sites for hydroxylation is 1. The van der Waals surface area contributed by atoms with Gasteiger partial charge in [-0.25, -0.2) is 9.78 Å². The number of benzene rings is 1. The number of fused-ring (bicyclic) bond motifs is 1. The molecule has 0 spiro atoms. The summed E-state index contributed by atoms with van der Waals surface area (Å²) in [6.45, 7) is 2.45. The predicted molar refractivity (Wildman–Crippen MR) is 123 cm³/mol. The lowest BCUT2D eigenvalue weighted by atomic mass is 9.91. The van der Waals surface area contributed by atoms with Gasteiger partial charge in [0.15, 0.2) is 5.69 Å². The smallest absolute Gasteiger partial charge is 0.359 e. The van der Waals surface area contributed by atoms with Gasteiger partial charge in [-0.05, 0) is 38.2 Å². The number of ether oxygens (including phenoxy) is 1. The van der Waals surface area contributed by atoms with Gasteiger partial charge in [0, 0.05) is 12.6 Å². The van der Waals surface area contributed by atoms with Crippen molar-refractivity contribution in [2.45, 2.75) is 70.0 Å². The Hall–Kier alpha value is -3.16. The molecule has 1 saturated carbocycles.